The molecule has 0 spiro atoms. The number of carboxylic acid groups (broad SMARTS) is 1. The minimum Gasteiger partial charge on any atom is -0.481 e. The average molecular weight is 840 g/mol. The Balaban J connectivity index is 2.90. The molecule has 0 aromatic rings. The van der Waals surface area contributed by atoms with Crippen LogP contribution in [0.2, 0.25) is 0 Å². The molecular weight excluding hydrogens is 747 g/mol. The Labute approximate surface area is 361 Å². The number of carboxylic acids is 1. The highest BCUT2D eigenvalue weighted by Crippen LogP contribution is 2.26. The normalized spacial score (nSPS) is 19.9. The third kappa shape index (κ3) is 27.0. The van der Waals surface area contributed by atoms with Gasteiger partial charge in [-0.05, 0) is 44.6 Å². The summed E-state index contributed by atoms with van der Waals surface area (Å²) < 4.78 is 6.25. The molecule has 1 aliphatic heterocycles. The van der Waals surface area contributed by atoms with E-state index in [1.165, 1.54) is 116 Å². The summed E-state index contributed by atoms with van der Waals surface area (Å²) >= 11 is 0. The minimum atomic E-state index is -1.46. The number of hydrogen-bond donors (Lipinski definition) is 6. The highest BCUT2D eigenvalue weighted by molar-refractivity contribution is 5.82. The van der Waals surface area contributed by atoms with Crippen LogP contribution in [0.1, 0.15) is 227 Å². The molecule has 11 heteroatoms. The summed E-state index contributed by atoms with van der Waals surface area (Å²) in [7, 11) is 0. The van der Waals surface area contributed by atoms with Gasteiger partial charge in [-0.3, -0.25) is 14.4 Å². The van der Waals surface area contributed by atoms with E-state index in [9.17, 15) is 29.7 Å². The van der Waals surface area contributed by atoms with Gasteiger partial charge in [-0.15, -0.1) is 0 Å². The molecule has 1 rings (SSSR count). The van der Waals surface area contributed by atoms with Crippen molar-refractivity contribution >= 4 is 17.8 Å². The molecule has 1 fully saturated rings. The molecule has 11 nitrogen and oxygen atoms in total. The van der Waals surface area contributed by atoms with E-state index >= 15 is 0 Å². The Morgan fingerprint density at radius 2 is 1.05 bits per heavy atom. The second kappa shape index (κ2) is 36.8. The maximum Gasteiger partial charge on any atom is 0.303 e. The van der Waals surface area contributed by atoms with Gasteiger partial charge in [-0.1, -0.05) is 182 Å². The molecular formula is C48H93N3O8. The molecule has 6 N–H and O–H groups in total. The molecule has 1 heterocycles. The number of unbranched alkanes of at least 4 members (excludes halogenated alkanes) is 25. The van der Waals surface area contributed by atoms with Gasteiger partial charge in [-0.2, -0.15) is 0 Å². The van der Waals surface area contributed by atoms with E-state index in [1.807, 2.05) is 13.8 Å². The number of rotatable bonds is 40. The quantitative estimate of drug-likeness (QED) is 0.0329. The van der Waals surface area contributed by atoms with Crippen molar-refractivity contribution in [3.05, 3.63) is 0 Å². The van der Waals surface area contributed by atoms with Crippen molar-refractivity contribution in [2.45, 2.75) is 263 Å². The van der Waals surface area contributed by atoms with Crippen LogP contribution in [0.5, 0.6) is 0 Å². The van der Waals surface area contributed by atoms with E-state index in [0.29, 0.717) is 38.8 Å². The Hall–Kier alpha value is -1.79. The largest absolute Gasteiger partial charge is 0.481 e. The Bertz CT molecular complexity index is 1030. The summed E-state index contributed by atoms with van der Waals surface area (Å²) in [5.41, 5.74) is 0. The van der Waals surface area contributed by atoms with Gasteiger partial charge in [0.05, 0.1) is 12.6 Å². The number of amides is 2. The highest BCUT2D eigenvalue weighted by atomic mass is 16.5. The molecule has 1 aliphatic rings. The van der Waals surface area contributed by atoms with Crippen LogP contribution in [0.3, 0.4) is 0 Å². The second-order valence-electron chi connectivity index (χ2n) is 18.1. The number of nitrogens with one attached hydrogen (secondary N) is 2. The fourth-order valence-electron chi connectivity index (χ4n) is 8.35. The first-order valence-corrected chi connectivity index (χ1v) is 24.7. The topological polar surface area (TPSA) is 169 Å². The van der Waals surface area contributed by atoms with Gasteiger partial charge >= 0.3 is 5.97 Å². The number of nitrogens with zero attached hydrogens (tertiary/aromatic N) is 1. The van der Waals surface area contributed by atoms with Crippen LogP contribution >= 0.6 is 0 Å². The third-order valence-electron chi connectivity index (χ3n) is 12.1. The summed E-state index contributed by atoms with van der Waals surface area (Å²) in [5, 5.41) is 47.8. The SMILES string of the molecule is CCCCCCCCCCCCCCCCCC(=O)N(CCCCCCCCCCCC)[C@@H]1O[C@H](CO)[C@@H](O)[C@H](O)[C@@H]1NC(=O)[C@H](CC(C)C)NCCCCCC(=O)O. The Morgan fingerprint density at radius 1 is 0.610 bits per heavy atom. The van der Waals surface area contributed by atoms with Crippen LogP contribution in [0.4, 0.5) is 0 Å². The van der Waals surface area contributed by atoms with Gasteiger partial charge in [0, 0.05) is 19.4 Å². The summed E-state index contributed by atoms with van der Waals surface area (Å²) in [6, 6.07) is -1.69. The molecule has 6 atom stereocenters. The van der Waals surface area contributed by atoms with Crippen molar-refractivity contribution < 1.29 is 39.5 Å². The molecule has 1 saturated heterocycles. The first kappa shape index (κ1) is 55.2. The smallest absolute Gasteiger partial charge is 0.303 e. The minimum absolute atomic E-state index is 0.0987. The number of aliphatic carboxylic acids is 1. The fraction of sp³-hybridized carbons (Fsp3) is 0.938. The van der Waals surface area contributed by atoms with E-state index in [4.69, 9.17) is 9.84 Å². The predicted molar refractivity (Wildman–Crippen MR) is 240 cm³/mol. The fourth-order valence-corrected chi connectivity index (χ4v) is 8.35. The van der Waals surface area contributed by atoms with Gasteiger partial charge in [0.2, 0.25) is 11.8 Å². The van der Waals surface area contributed by atoms with E-state index in [0.717, 1.165) is 51.4 Å². The summed E-state index contributed by atoms with van der Waals surface area (Å²) in [5.74, 6) is -1.09. The van der Waals surface area contributed by atoms with Gasteiger partial charge in [-0.25, -0.2) is 0 Å². The second-order valence-corrected chi connectivity index (χ2v) is 18.1. The maximum atomic E-state index is 14.1. The van der Waals surface area contributed by atoms with Crippen LogP contribution in [0.25, 0.3) is 0 Å². The number of aliphatic hydroxyl groups excluding tert-OH is 3. The zero-order valence-electron chi connectivity index (χ0n) is 38.5. The van der Waals surface area contributed by atoms with Crippen LogP contribution in [0, 0.1) is 5.92 Å². The average Bonchev–Trinajstić information content (AvgIpc) is 3.21. The number of carbonyl (C=O) groups is 3. The zero-order valence-corrected chi connectivity index (χ0v) is 38.5. The lowest BCUT2D eigenvalue weighted by molar-refractivity contribution is -0.231. The van der Waals surface area contributed by atoms with Crippen molar-refractivity contribution in [3.8, 4) is 0 Å². The Morgan fingerprint density at radius 3 is 1.51 bits per heavy atom. The van der Waals surface area contributed by atoms with Gasteiger partial charge in [0.15, 0.2) is 6.23 Å². The number of hydrogen-bond acceptors (Lipinski definition) is 8. The van der Waals surface area contributed by atoms with E-state index in [-0.39, 0.29) is 24.2 Å². The van der Waals surface area contributed by atoms with Crippen LogP contribution < -0.4 is 10.6 Å². The first-order valence-electron chi connectivity index (χ1n) is 24.7. The van der Waals surface area contributed by atoms with Crippen LogP contribution in [-0.2, 0) is 19.1 Å². The molecule has 0 saturated carbocycles. The third-order valence-corrected chi connectivity index (χ3v) is 12.1. The molecule has 348 valence electrons. The summed E-state index contributed by atoms with van der Waals surface area (Å²) in [6.07, 6.45) is 28.0. The molecule has 0 aromatic carbocycles. The van der Waals surface area contributed by atoms with Gasteiger partial charge < -0.3 is 40.7 Å². The number of ether oxygens (including phenoxy) is 1. The van der Waals surface area contributed by atoms with Crippen molar-refractivity contribution in [2.24, 2.45) is 5.92 Å². The van der Waals surface area contributed by atoms with Gasteiger partial charge in [0.25, 0.3) is 0 Å². The van der Waals surface area contributed by atoms with Gasteiger partial charge in [0.1, 0.15) is 24.4 Å². The van der Waals surface area contributed by atoms with Crippen LogP contribution in [-0.4, -0.2) is 99.4 Å². The summed E-state index contributed by atoms with van der Waals surface area (Å²) in [4.78, 5) is 40.6. The van der Waals surface area contributed by atoms with Crippen LogP contribution in [0.15, 0.2) is 0 Å². The number of carbonyl (C=O) groups excluding carboxylic acids is 2. The monoisotopic (exact) mass is 840 g/mol. The lowest BCUT2D eigenvalue weighted by atomic mass is 9.94. The lowest BCUT2D eigenvalue weighted by Crippen LogP contribution is -2.69. The van der Waals surface area contributed by atoms with Crippen molar-refractivity contribution in [1.29, 1.82) is 0 Å². The van der Waals surface area contributed by atoms with Crippen molar-refractivity contribution in [1.82, 2.24) is 15.5 Å². The summed E-state index contributed by atoms with van der Waals surface area (Å²) in [6.45, 7) is 8.93. The zero-order chi connectivity index (χ0) is 43.5. The Kier molecular flexibility index (Phi) is 34.5. The predicted octanol–water partition coefficient (Wildman–Crippen LogP) is 9.57. The van der Waals surface area contributed by atoms with Crippen molar-refractivity contribution in [2.75, 3.05) is 19.7 Å². The highest BCUT2D eigenvalue weighted by Gasteiger charge is 2.48. The molecule has 2 amide bonds. The van der Waals surface area contributed by atoms with Crippen molar-refractivity contribution in [3.63, 3.8) is 0 Å². The maximum absolute atomic E-state index is 14.1. The standard InChI is InChI=1S/C48H93N3O8/c1-5-7-9-11-13-15-17-18-19-20-21-22-24-26-29-33-42(53)51(36-32-27-25-23-16-14-12-10-8-6-2)48-44(46(57)45(56)41(38-52)59-48)50-47(58)40(37-39(3)4)49-35-31-28-30-34-43(54)55/h39-41,44-46,48-49,52,56-57H,5-38H2,1-4H3,(H,50,58)(H,54,55)/t40-,41+,44-,45+,46+,48+/m0/s1. The molecule has 0 bridgehead atoms. The molecule has 59 heavy (non-hydrogen) atoms. The molecule has 0 aromatic heterocycles. The molecule has 0 unspecified atom stereocenters. The van der Waals surface area contributed by atoms with E-state index < -0.39 is 49.2 Å². The lowest BCUT2D eigenvalue weighted by Gasteiger charge is -2.47. The first-order chi connectivity index (χ1) is 28.6. The van der Waals surface area contributed by atoms with E-state index in [2.05, 4.69) is 24.5 Å². The van der Waals surface area contributed by atoms with E-state index in [1.54, 1.807) is 4.90 Å². The number of aliphatic hydroxyl groups is 3. The molecule has 0 aliphatic carbocycles. The molecule has 0 radical (unpaired) electrons.